The largest absolute Gasteiger partial charge is 0.478 e. The second-order valence-electron chi connectivity index (χ2n) is 3.90. The van der Waals surface area contributed by atoms with Gasteiger partial charge in [0.1, 0.15) is 0 Å². The standard InChI is InChI=1S/C12H7BrClN3O4/c13-8-4-7(14)1-2-9(8)16-11-10(17(20)21)3-6(5-15-11)12(18)19/h1-5H,(H,15,16)(H,18,19). The number of rotatable bonds is 4. The smallest absolute Gasteiger partial charge is 0.337 e. The highest BCUT2D eigenvalue weighted by Gasteiger charge is 2.19. The zero-order valence-electron chi connectivity index (χ0n) is 10.2. The van der Waals surface area contributed by atoms with Crippen LogP contribution in [0.15, 0.2) is 34.9 Å². The average Bonchev–Trinajstić information content (AvgIpc) is 2.41. The minimum Gasteiger partial charge on any atom is -0.478 e. The van der Waals surface area contributed by atoms with Gasteiger partial charge >= 0.3 is 11.7 Å². The van der Waals surface area contributed by atoms with Crippen molar-refractivity contribution in [3.63, 3.8) is 0 Å². The lowest BCUT2D eigenvalue weighted by Crippen LogP contribution is -2.04. The number of carboxylic acids is 1. The molecule has 0 aliphatic heterocycles. The predicted molar refractivity (Wildman–Crippen MR) is 80.3 cm³/mol. The number of halogens is 2. The fraction of sp³-hybridized carbons (Fsp3) is 0. The fourth-order valence-electron chi connectivity index (χ4n) is 1.52. The maximum Gasteiger partial charge on any atom is 0.337 e. The van der Waals surface area contributed by atoms with E-state index < -0.39 is 16.6 Å². The summed E-state index contributed by atoms with van der Waals surface area (Å²) in [7, 11) is 0. The summed E-state index contributed by atoms with van der Waals surface area (Å²) in [5.41, 5.74) is -0.183. The van der Waals surface area contributed by atoms with Gasteiger partial charge in [0.2, 0.25) is 5.82 Å². The van der Waals surface area contributed by atoms with Crippen LogP contribution in [-0.4, -0.2) is 21.0 Å². The van der Waals surface area contributed by atoms with Crippen molar-refractivity contribution < 1.29 is 14.8 Å². The Balaban J connectivity index is 2.44. The molecule has 0 saturated heterocycles. The van der Waals surface area contributed by atoms with Crippen molar-refractivity contribution in [1.29, 1.82) is 0 Å². The lowest BCUT2D eigenvalue weighted by molar-refractivity contribution is -0.384. The van der Waals surface area contributed by atoms with Crippen molar-refractivity contribution in [2.45, 2.75) is 0 Å². The van der Waals surface area contributed by atoms with Crippen LogP contribution in [0.1, 0.15) is 10.4 Å². The number of pyridine rings is 1. The first kappa shape index (κ1) is 15.2. The molecule has 0 saturated carbocycles. The van der Waals surface area contributed by atoms with E-state index in [2.05, 4.69) is 26.2 Å². The van der Waals surface area contributed by atoms with Crippen LogP contribution in [0.25, 0.3) is 0 Å². The van der Waals surface area contributed by atoms with Crippen LogP contribution in [-0.2, 0) is 0 Å². The molecule has 0 aliphatic rings. The normalized spacial score (nSPS) is 10.2. The second-order valence-corrected chi connectivity index (χ2v) is 5.19. The van der Waals surface area contributed by atoms with Gasteiger partial charge in [-0.05, 0) is 34.1 Å². The van der Waals surface area contributed by atoms with E-state index in [9.17, 15) is 14.9 Å². The van der Waals surface area contributed by atoms with Crippen LogP contribution in [0.2, 0.25) is 5.02 Å². The topological polar surface area (TPSA) is 105 Å². The lowest BCUT2D eigenvalue weighted by atomic mass is 10.2. The molecule has 0 radical (unpaired) electrons. The maximum atomic E-state index is 11.0. The molecular formula is C12H7BrClN3O4. The van der Waals surface area contributed by atoms with Crippen LogP contribution in [0.3, 0.4) is 0 Å². The third-order valence-electron chi connectivity index (χ3n) is 2.50. The van der Waals surface area contributed by atoms with Crippen molar-refractivity contribution in [1.82, 2.24) is 4.98 Å². The summed E-state index contributed by atoms with van der Waals surface area (Å²) >= 11 is 9.08. The third-order valence-corrected chi connectivity index (χ3v) is 3.39. The van der Waals surface area contributed by atoms with E-state index in [0.29, 0.717) is 15.2 Å². The molecule has 2 rings (SSSR count). The molecule has 0 bridgehead atoms. The zero-order valence-corrected chi connectivity index (χ0v) is 12.6. The van der Waals surface area contributed by atoms with E-state index in [-0.39, 0.29) is 11.4 Å². The quantitative estimate of drug-likeness (QED) is 0.624. The lowest BCUT2D eigenvalue weighted by Gasteiger charge is -2.08. The van der Waals surface area contributed by atoms with Gasteiger partial charge in [0, 0.05) is 21.8 Å². The molecule has 7 nitrogen and oxygen atoms in total. The second kappa shape index (κ2) is 6.06. The molecule has 21 heavy (non-hydrogen) atoms. The summed E-state index contributed by atoms with van der Waals surface area (Å²) in [6.07, 6.45) is 1.04. The molecule has 2 aromatic rings. The van der Waals surface area contributed by atoms with Gasteiger partial charge in [-0.1, -0.05) is 11.6 Å². The average molecular weight is 373 g/mol. The minimum atomic E-state index is -1.29. The Kier molecular flexibility index (Phi) is 4.39. The third kappa shape index (κ3) is 3.47. The number of nitro groups is 1. The van der Waals surface area contributed by atoms with Crippen LogP contribution in [0, 0.1) is 10.1 Å². The van der Waals surface area contributed by atoms with E-state index in [1.54, 1.807) is 18.2 Å². The molecular weight excluding hydrogens is 366 g/mol. The van der Waals surface area contributed by atoms with Crippen molar-refractivity contribution in [2.24, 2.45) is 0 Å². The van der Waals surface area contributed by atoms with E-state index in [1.807, 2.05) is 0 Å². The maximum absolute atomic E-state index is 11.0. The Labute approximate surface area is 131 Å². The number of anilines is 2. The number of nitrogens with one attached hydrogen (secondary N) is 1. The Bertz CT molecular complexity index is 738. The first-order chi connectivity index (χ1) is 9.88. The van der Waals surface area contributed by atoms with Crippen molar-refractivity contribution >= 4 is 50.7 Å². The monoisotopic (exact) mass is 371 g/mol. The number of aromatic carboxylic acids is 1. The number of nitrogens with zero attached hydrogens (tertiary/aromatic N) is 2. The number of aromatic nitrogens is 1. The molecule has 0 atom stereocenters. The van der Waals surface area contributed by atoms with Gasteiger partial charge in [0.05, 0.1) is 16.2 Å². The Morgan fingerprint density at radius 3 is 2.71 bits per heavy atom. The fourth-order valence-corrected chi connectivity index (χ4v) is 2.31. The summed E-state index contributed by atoms with van der Waals surface area (Å²) in [6.45, 7) is 0. The summed E-state index contributed by atoms with van der Waals surface area (Å²) in [5.74, 6) is -1.35. The van der Waals surface area contributed by atoms with Crippen molar-refractivity contribution in [3.05, 3.63) is 55.6 Å². The number of benzene rings is 1. The van der Waals surface area contributed by atoms with Crippen LogP contribution in [0.4, 0.5) is 17.2 Å². The van der Waals surface area contributed by atoms with Gasteiger partial charge in [-0.15, -0.1) is 0 Å². The van der Waals surface area contributed by atoms with Crippen LogP contribution < -0.4 is 5.32 Å². The molecule has 1 heterocycles. The summed E-state index contributed by atoms with van der Waals surface area (Å²) < 4.78 is 0.591. The number of carbonyl (C=O) groups is 1. The van der Waals surface area contributed by atoms with Crippen molar-refractivity contribution in [2.75, 3.05) is 5.32 Å². The molecule has 1 aromatic heterocycles. The molecule has 1 aromatic carbocycles. The first-order valence-electron chi connectivity index (χ1n) is 5.48. The van der Waals surface area contributed by atoms with Gasteiger partial charge in [0.15, 0.2) is 0 Å². The number of carboxylic acid groups (broad SMARTS) is 1. The highest BCUT2D eigenvalue weighted by atomic mass is 79.9. The van der Waals surface area contributed by atoms with Gasteiger partial charge in [-0.2, -0.15) is 0 Å². The predicted octanol–water partition coefficient (Wildman–Crippen LogP) is 3.85. The van der Waals surface area contributed by atoms with E-state index in [4.69, 9.17) is 16.7 Å². The van der Waals surface area contributed by atoms with Gasteiger partial charge in [0.25, 0.3) is 0 Å². The molecule has 0 amide bonds. The Hall–Kier alpha value is -2.19. The Morgan fingerprint density at radius 2 is 2.14 bits per heavy atom. The highest BCUT2D eigenvalue weighted by Crippen LogP contribution is 2.31. The first-order valence-corrected chi connectivity index (χ1v) is 6.65. The van der Waals surface area contributed by atoms with Crippen molar-refractivity contribution in [3.8, 4) is 0 Å². The molecule has 0 spiro atoms. The van der Waals surface area contributed by atoms with Crippen LogP contribution in [0.5, 0.6) is 0 Å². The SMILES string of the molecule is O=C(O)c1cnc(Nc2ccc(Cl)cc2Br)c([N+](=O)[O-])c1. The molecule has 0 unspecified atom stereocenters. The van der Waals surface area contributed by atoms with E-state index in [0.717, 1.165) is 12.3 Å². The highest BCUT2D eigenvalue weighted by molar-refractivity contribution is 9.10. The minimum absolute atomic E-state index is 0.0620. The summed E-state index contributed by atoms with van der Waals surface area (Å²) in [5, 5.41) is 23.1. The molecule has 0 aliphatic carbocycles. The summed E-state index contributed by atoms with van der Waals surface area (Å²) in [6, 6.07) is 5.78. The number of hydrogen-bond donors (Lipinski definition) is 2. The van der Waals surface area contributed by atoms with Gasteiger partial charge in [-0.3, -0.25) is 10.1 Å². The molecule has 0 fully saturated rings. The Morgan fingerprint density at radius 1 is 1.43 bits per heavy atom. The zero-order chi connectivity index (χ0) is 15.6. The molecule has 108 valence electrons. The molecule has 2 N–H and O–H groups in total. The number of hydrogen-bond acceptors (Lipinski definition) is 5. The van der Waals surface area contributed by atoms with Gasteiger partial charge < -0.3 is 10.4 Å². The summed E-state index contributed by atoms with van der Waals surface area (Å²) in [4.78, 5) is 24.9. The van der Waals surface area contributed by atoms with E-state index >= 15 is 0 Å². The van der Waals surface area contributed by atoms with E-state index in [1.165, 1.54) is 0 Å². The molecule has 9 heteroatoms. The van der Waals surface area contributed by atoms with Gasteiger partial charge in [-0.25, -0.2) is 9.78 Å². The van der Waals surface area contributed by atoms with Crippen LogP contribution >= 0.6 is 27.5 Å².